The first-order valence-corrected chi connectivity index (χ1v) is 10.4. The van der Waals surface area contributed by atoms with Crippen LogP contribution in [0.25, 0.3) is 0 Å². The molecule has 0 heterocycles. The van der Waals surface area contributed by atoms with E-state index >= 15 is 0 Å². The number of ether oxygens (including phenoxy) is 1. The van der Waals surface area contributed by atoms with E-state index in [2.05, 4.69) is 5.32 Å². The van der Waals surface area contributed by atoms with Gasteiger partial charge in [0.2, 0.25) is 10.0 Å². The maximum Gasteiger partial charge on any atom is 0.251 e. The summed E-state index contributed by atoms with van der Waals surface area (Å²) < 4.78 is 31.4. The van der Waals surface area contributed by atoms with Crippen molar-refractivity contribution in [2.24, 2.45) is 0 Å². The number of carbonyl (C=O) groups is 1. The number of sulfonamides is 1. The van der Waals surface area contributed by atoms with Crippen molar-refractivity contribution in [2.75, 3.05) is 26.7 Å². The number of nitrogens with zero attached hydrogens (tertiary/aromatic N) is 1. The van der Waals surface area contributed by atoms with E-state index in [1.807, 2.05) is 13.8 Å². The lowest BCUT2D eigenvalue weighted by Gasteiger charge is -2.18. The van der Waals surface area contributed by atoms with Gasteiger partial charge in [-0.2, -0.15) is 4.31 Å². The average molecular weight is 391 g/mol. The quantitative estimate of drug-likeness (QED) is 0.714. The van der Waals surface area contributed by atoms with Crippen LogP contribution >= 0.6 is 0 Å². The smallest absolute Gasteiger partial charge is 0.251 e. The lowest BCUT2D eigenvalue weighted by molar-refractivity contribution is 0.0954. The van der Waals surface area contributed by atoms with Crippen molar-refractivity contribution in [1.29, 1.82) is 0 Å². The molecule has 146 valence electrons. The van der Waals surface area contributed by atoms with E-state index in [1.165, 1.54) is 4.31 Å². The summed E-state index contributed by atoms with van der Waals surface area (Å²) in [5, 5.41) is 2.86. The van der Waals surface area contributed by atoms with Gasteiger partial charge in [0, 0.05) is 25.2 Å². The fraction of sp³-hybridized carbons (Fsp3) is 0.350. The van der Waals surface area contributed by atoms with E-state index in [0.29, 0.717) is 37.4 Å². The number of nitrogens with one attached hydrogen (secondary N) is 1. The van der Waals surface area contributed by atoms with Crippen LogP contribution in [0.1, 0.15) is 29.8 Å². The molecule has 0 fully saturated rings. The van der Waals surface area contributed by atoms with Gasteiger partial charge in [-0.25, -0.2) is 8.42 Å². The molecule has 2 rings (SSSR count). The molecular formula is C20H26N2O4S. The second kappa shape index (κ2) is 9.53. The lowest BCUT2D eigenvalue weighted by atomic mass is 10.1. The van der Waals surface area contributed by atoms with Crippen LogP contribution in [-0.2, 0) is 16.4 Å². The molecular weight excluding hydrogens is 364 g/mol. The summed E-state index contributed by atoms with van der Waals surface area (Å²) in [4.78, 5) is 12.4. The molecule has 0 bridgehead atoms. The van der Waals surface area contributed by atoms with E-state index < -0.39 is 10.0 Å². The van der Waals surface area contributed by atoms with Crippen molar-refractivity contribution in [2.45, 2.75) is 25.2 Å². The predicted molar refractivity (Wildman–Crippen MR) is 106 cm³/mol. The maximum atomic E-state index is 12.5. The largest absolute Gasteiger partial charge is 0.497 e. The van der Waals surface area contributed by atoms with E-state index in [4.69, 9.17) is 4.74 Å². The molecule has 1 amide bonds. The summed E-state index contributed by atoms with van der Waals surface area (Å²) in [7, 11) is -1.86. The summed E-state index contributed by atoms with van der Waals surface area (Å²) in [6.45, 7) is 4.99. The molecule has 6 nitrogen and oxygen atoms in total. The second-order valence-corrected chi connectivity index (χ2v) is 7.91. The van der Waals surface area contributed by atoms with Crippen LogP contribution < -0.4 is 10.1 Å². The van der Waals surface area contributed by atoms with Gasteiger partial charge in [0.15, 0.2) is 0 Å². The van der Waals surface area contributed by atoms with Gasteiger partial charge < -0.3 is 10.1 Å². The number of methoxy groups -OCH3 is 1. The Bertz CT molecular complexity index is 843. The minimum Gasteiger partial charge on any atom is -0.497 e. The van der Waals surface area contributed by atoms with Crippen LogP contribution in [-0.4, -0.2) is 45.4 Å². The van der Waals surface area contributed by atoms with Crippen molar-refractivity contribution in [3.05, 3.63) is 59.7 Å². The molecule has 2 aromatic rings. The highest BCUT2D eigenvalue weighted by Crippen LogP contribution is 2.16. The van der Waals surface area contributed by atoms with Gasteiger partial charge in [-0.1, -0.05) is 26.0 Å². The highest BCUT2D eigenvalue weighted by atomic mass is 32.2. The Hall–Kier alpha value is -2.38. The van der Waals surface area contributed by atoms with Crippen LogP contribution in [0.3, 0.4) is 0 Å². The van der Waals surface area contributed by atoms with Crippen molar-refractivity contribution in [1.82, 2.24) is 9.62 Å². The zero-order chi connectivity index (χ0) is 19.9. The van der Waals surface area contributed by atoms with Gasteiger partial charge in [-0.05, 0) is 48.4 Å². The zero-order valence-electron chi connectivity index (χ0n) is 15.9. The monoisotopic (exact) mass is 390 g/mol. The number of hydrogen-bond donors (Lipinski definition) is 1. The van der Waals surface area contributed by atoms with Gasteiger partial charge in [0.1, 0.15) is 5.75 Å². The molecule has 27 heavy (non-hydrogen) atoms. The number of amides is 1. The number of carbonyl (C=O) groups excluding carboxylic acids is 1. The fourth-order valence-corrected chi connectivity index (χ4v) is 4.16. The first-order valence-electron chi connectivity index (χ1n) is 8.93. The van der Waals surface area contributed by atoms with Gasteiger partial charge in [0.05, 0.1) is 12.0 Å². The van der Waals surface area contributed by atoms with Crippen LogP contribution in [0.15, 0.2) is 53.4 Å². The molecule has 0 spiro atoms. The summed E-state index contributed by atoms with van der Waals surface area (Å²) >= 11 is 0. The second-order valence-electron chi connectivity index (χ2n) is 5.97. The van der Waals surface area contributed by atoms with Gasteiger partial charge in [-0.3, -0.25) is 4.79 Å². The topological polar surface area (TPSA) is 75.7 Å². The number of rotatable bonds is 9. The lowest BCUT2D eigenvalue weighted by Crippen LogP contribution is -2.30. The van der Waals surface area contributed by atoms with Crippen LogP contribution in [0.4, 0.5) is 0 Å². The maximum absolute atomic E-state index is 12.5. The Labute approximate surface area is 161 Å². The Morgan fingerprint density at radius 3 is 2.11 bits per heavy atom. The van der Waals surface area contributed by atoms with Crippen molar-refractivity contribution in [3.63, 3.8) is 0 Å². The standard InChI is InChI=1S/C20H26N2O4S/c1-4-22(5-2)27(24,25)19-12-6-16(7-13-19)14-15-21-20(23)17-8-10-18(26-3)11-9-17/h6-13H,4-5,14-15H2,1-3H3,(H,21,23). The third-order valence-corrected chi connectivity index (χ3v) is 6.38. The van der Waals surface area contributed by atoms with Crippen molar-refractivity contribution in [3.8, 4) is 5.75 Å². The third-order valence-electron chi connectivity index (χ3n) is 4.32. The molecule has 0 aliphatic rings. The third kappa shape index (κ3) is 5.30. The molecule has 0 atom stereocenters. The minimum absolute atomic E-state index is 0.154. The molecule has 0 saturated carbocycles. The SMILES string of the molecule is CCN(CC)S(=O)(=O)c1ccc(CCNC(=O)c2ccc(OC)cc2)cc1. The first kappa shape index (κ1) is 20.9. The van der Waals surface area contributed by atoms with E-state index in [0.717, 1.165) is 5.56 Å². The highest BCUT2D eigenvalue weighted by Gasteiger charge is 2.21. The molecule has 0 aliphatic carbocycles. The summed E-state index contributed by atoms with van der Waals surface area (Å²) in [5.41, 5.74) is 1.53. The molecule has 0 unspecified atom stereocenters. The number of benzene rings is 2. The van der Waals surface area contributed by atoms with E-state index in [9.17, 15) is 13.2 Å². The van der Waals surface area contributed by atoms with Gasteiger partial charge in [-0.15, -0.1) is 0 Å². The Balaban J connectivity index is 1.92. The molecule has 1 N–H and O–H groups in total. The zero-order valence-corrected chi connectivity index (χ0v) is 16.8. The van der Waals surface area contributed by atoms with Gasteiger partial charge in [0.25, 0.3) is 5.91 Å². The van der Waals surface area contributed by atoms with Crippen LogP contribution in [0, 0.1) is 0 Å². The summed E-state index contributed by atoms with van der Waals surface area (Å²) in [6.07, 6.45) is 0.619. The molecule has 0 aliphatic heterocycles. The first-order chi connectivity index (χ1) is 12.9. The molecule has 0 saturated heterocycles. The van der Waals surface area contributed by atoms with Crippen molar-refractivity contribution < 1.29 is 17.9 Å². The Kier molecular flexibility index (Phi) is 7.38. The normalized spacial score (nSPS) is 11.4. The Morgan fingerprint density at radius 1 is 1.00 bits per heavy atom. The molecule has 7 heteroatoms. The molecule has 0 radical (unpaired) electrons. The minimum atomic E-state index is -3.44. The van der Waals surface area contributed by atoms with E-state index in [1.54, 1.807) is 55.6 Å². The van der Waals surface area contributed by atoms with Crippen LogP contribution in [0.5, 0.6) is 5.75 Å². The van der Waals surface area contributed by atoms with E-state index in [-0.39, 0.29) is 10.8 Å². The van der Waals surface area contributed by atoms with Crippen molar-refractivity contribution >= 4 is 15.9 Å². The summed E-state index contributed by atoms with van der Waals surface area (Å²) in [5.74, 6) is 0.546. The highest BCUT2D eigenvalue weighted by molar-refractivity contribution is 7.89. The molecule has 2 aromatic carbocycles. The fourth-order valence-electron chi connectivity index (χ4n) is 2.71. The van der Waals surface area contributed by atoms with Gasteiger partial charge >= 0.3 is 0 Å². The Morgan fingerprint density at radius 2 is 1.59 bits per heavy atom. The molecule has 0 aromatic heterocycles. The van der Waals surface area contributed by atoms with Crippen LogP contribution in [0.2, 0.25) is 0 Å². The average Bonchev–Trinajstić information content (AvgIpc) is 2.69. The summed E-state index contributed by atoms with van der Waals surface area (Å²) in [6, 6.07) is 13.7. The number of hydrogen-bond acceptors (Lipinski definition) is 4. The predicted octanol–water partition coefficient (Wildman–Crippen LogP) is 2.70.